The molecule has 0 spiro atoms. The van der Waals surface area contributed by atoms with Crippen LogP contribution in [0.3, 0.4) is 0 Å². The zero-order valence-electron chi connectivity index (χ0n) is 14.0. The molecule has 0 unspecified atom stereocenters. The first-order chi connectivity index (χ1) is 13.0. The minimum atomic E-state index is -0.466. The van der Waals surface area contributed by atoms with Crippen LogP contribution in [0.25, 0.3) is 20.8 Å². The van der Waals surface area contributed by atoms with Crippen LogP contribution in [0, 0.1) is 5.82 Å². The molecule has 27 heavy (non-hydrogen) atoms. The van der Waals surface area contributed by atoms with Crippen LogP contribution in [0.2, 0.25) is 0 Å². The highest BCUT2D eigenvalue weighted by atomic mass is 32.1. The van der Waals surface area contributed by atoms with Crippen molar-refractivity contribution in [2.75, 3.05) is 18.5 Å². The summed E-state index contributed by atoms with van der Waals surface area (Å²) >= 11 is 1.40. The Bertz CT molecular complexity index is 1080. The van der Waals surface area contributed by atoms with Crippen molar-refractivity contribution in [3.63, 3.8) is 0 Å². The van der Waals surface area contributed by atoms with Crippen LogP contribution in [0.15, 0.2) is 54.2 Å². The van der Waals surface area contributed by atoms with Gasteiger partial charge in [-0.25, -0.2) is 9.37 Å². The molecule has 0 fully saturated rings. The van der Waals surface area contributed by atoms with Crippen molar-refractivity contribution in [1.82, 2.24) is 9.88 Å². The quantitative estimate of drug-likeness (QED) is 0.662. The minimum absolute atomic E-state index is 0.0313. The van der Waals surface area contributed by atoms with E-state index in [2.05, 4.69) is 10.3 Å². The number of benzene rings is 2. The van der Waals surface area contributed by atoms with Gasteiger partial charge in [-0.15, -0.1) is 11.3 Å². The molecule has 6 nitrogen and oxygen atoms in total. The summed E-state index contributed by atoms with van der Waals surface area (Å²) in [6, 6.07) is 11.7. The lowest BCUT2D eigenvalue weighted by molar-refractivity contribution is -0.137. The van der Waals surface area contributed by atoms with Gasteiger partial charge in [-0.05, 0) is 42.5 Å². The summed E-state index contributed by atoms with van der Waals surface area (Å²) in [7, 11) is 0. The maximum absolute atomic E-state index is 13.3. The second kappa shape index (κ2) is 6.90. The Morgan fingerprint density at radius 2 is 1.93 bits per heavy atom. The third-order valence-electron chi connectivity index (χ3n) is 4.09. The Kier molecular flexibility index (Phi) is 4.43. The predicted molar refractivity (Wildman–Crippen MR) is 101 cm³/mol. The molecule has 0 aliphatic carbocycles. The summed E-state index contributed by atoms with van der Waals surface area (Å²) in [6.07, 6.45) is 1.22. The number of aliphatic hydroxyl groups is 1. The molecule has 0 atom stereocenters. The number of nitrogens with zero attached hydrogens (tertiary/aromatic N) is 2. The van der Waals surface area contributed by atoms with Gasteiger partial charge in [0, 0.05) is 17.3 Å². The second-order valence-corrected chi connectivity index (χ2v) is 6.94. The number of carbonyl (C=O) groups is 2. The lowest BCUT2D eigenvalue weighted by atomic mass is 10.2. The number of nitrogens with one attached hydrogen (secondary N) is 1. The summed E-state index contributed by atoms with van der Waals surface area (Å²) < 4.78 is 14.1. The first kappa shape index (κ1) is 17.3. The third kappa shape index (κ3) is 3.32. The van der Waals surface area contributed by atoms with Crippen LogP contribution in [0.5, 0.6) is 0 Å². The molecule has 1 aliphatic heterocycles. The number of imide groups is 1. The summed E-state index contributed by atoms with van der Waals surface area (Å²) in [4.78, 5) is 29.4. The fourth-order valence-corrected chi connectivity index (χ4v) is 3.78. The van der Waals surface area contributed by atoms with Crippen molar-refractivity contribution >= 4 is 39.1 Å². The molecule has 0 radical (unpaired) electrons. The first-order valence-corrected chi connectivity index (χ1v) is 8.99. The van der Waals surface area contributed by atoms with Crippen molar-refractivity contribution in [3.05, 3.63) is 60.1 Å². The number of rotatable bonds is 5. The van der Waals surface area contributed by atoms with Crippen LogP contribution < -0.4 is 5.32 Å². The van der Waals surface area contributed by atoms with Crippen LogP contribution in [0.4, 0.5) is 10.1 Å². The molecule has 2 N–H and O–H groups in total. The van der Waals surface area contributed by atoms with Gasteiger partial charge in [0.25, 0.3) is 11.8 Å². The summed E-state index contributed by atoms with van der Waals surface area (Å²) in [5.74, 6) is -1.21. The third-order valence-corrected chi connectivity index (χ3v) is 5.16. The number of aliphatic hydroxyl groups excluding tert-OH is 1. The van der Waals surface area contributed by atoms with Crippen LogP contribution in [-0.4, -0.2) is 40.0 Å². The van der Waals surface area contributed by atoms with E-state index in [4.69, 9.17) is 5.11 Å². The number of thiazole rings is 1. The van der Waals surface area contributed by atoms with E-state index in [0.29, 0.717) is 5.69 Å². The number of aromatic nitrogens is 1. The van der Waals surface area contributed by atoms with Crippen LogP contribution in [-0.2, 0) is 9.59 Å². The van der Waals surface area contributed by atoms with Gasteiger partial charge in [-0.2, -0.15) is 0 Å². The average molecular weight is 383 g/mol. The maximum Gasteiger partial charge on any atom is 0.277 e. The van der Waals surface area contributed by atoms with Crippen molar-refractivity contribution in [3.8, 4) is 10.6 Å². The largest absolute Gasteiger partial charge is 0.395 e. The summed E-state index contributed by atoms with van der Waals surface area (Å²) in [6.45, 7) is -0.310. The van der Waals surface area contributed by atoms with E-state index in [9.17, 15) is 14.0 Å². The summed E-state index contributed by atoms with van der Waals surface area (Å²) in [5, 5.41) is 12.6. The van der Waals surface area contributed by atoms with E-state index in [1.165, 1.54) is 29.5 Å². The normalized spacial score (nSPS) is 14.1. The van der Waals surface area contributed by atoms with Gasteiger partial charge in [0.05, 0.1) is 23.4 Å². The average Bonchev–Trinajstić information content (AvgIpc) is 3.18. The number of carbonyl (C=O) groups excluding carboxylic acids is 2. The molecule has 8 heteroatoms. The number of hydrogen-bond donors (Lipinski definition) is 2. The van der Waals surface area contributed by atoms with E-state index in [1.54, 1.807) is 18.2 Å². The van der Waals surface area contributed by atoms with E-state index >= 15 is 0 Å². The molecule has 0 saturated heterocycles. The highest BCUT2D eigenvalue weighted by Crippen LogP contribution is 2.31. The van der Waals surface area contributed by atoms with Crippen molar-refractivity contribution in [2.24, 2.45) is 0 Å². The van der Waals surface area contributed by atoms with E-state index in [-0.39, 0.29) is 24.7 Å². The van der Waals surface area contributed by atoms with E-state index in [1.807, 2.05) is 12.1 Å². The maximum atomic E-state index is 13.3. The van der Waals surface area contributed by atoms with E-state index < -0.39 is 11.8 Å². The zero-order chi connectivity index (χ0) is 19.0. The minimum Gasteiger partial charge on any atom is -0.395 e. The smallest absolute Gasteiger partial charge is 0.277 e. The fourth-order valence-electron chi connectivity index (χ4n) is 2.78. The number of halogens is 1. The fraction of sp³-hybridized carbons (Fsp3) is 0.105. The standard InChI is InChI=1S/C19H14FN3O3S/c20-12-3-6-14-16(9-12)27-18(22-14)11-1-4-13(5-2-11)21-15-10-17(25)23(7-8-24)19(15)26/h1-6,9-10,21,24H,7-8H2. The monoisotopic (exact) mass is 383 g/mol. The molecular formula is C19H14FN3O3S. The lowest BCUT2D eigenvalue weighted by Gasteiger charge is -2.13. The number of anilines is 1. The second-order valence-electron chi connectivity index (χ2n) is 5.91. The summed E-state index contributed by atoms with van der Waals surface area (Å²) in [5.41, 5.74) is 2.41. The molecule has 0 bridgehead atoms. The Hall–Kier alpha value is -3.10. The lowest BCUT2D eigenvalue weighted by Crippen LogP contribution is -2.34. The van der Waals surface area contributed by atoms with Gasteiger partial charge in [0.2, 0.25) is 0 Å². The number of hydrogen-bond acceptors (Lipinski definition) is 6. The van der Waals surface area contributed by atoms with Gasteiger partial charge < -0.3 is 10.4 Å². The molecular weight excluding hydrogens is 369 g/mol. The first-order valence-electron chi connectivity index (χ1n) is 8.17. The molecule has 1 aliphatic rings. The molecule has 0 saturated carbocycles. The van der Waals surface area contributed by atoms with Crippen molar-refractivity contribution < 1.29 is 19.1 Å². The van der Waals surface area contributed by atoms with Crippen molar-refractivity contribution in [2.45, 2.75) is 0 Å². The van der Waals surface area contributed by atoms with Gasteiger partial charge in [0.1, 0.15) is 16.5 Å². The number of β-amino-alcohol motifs (C(OH)–C–C–N with tert-alkyl or cyclic N) is 1. The van der Waals surface area contributed by atoms with Gasteiger partial charge in [-0.1, -0.05) is 0 Å². The highest BCUT2D eigenvalue weighted by molar-refractivity contribution is 7.21. The zero-order valence-corrected chi connectivity index (χ0v) is 14.8. The number of fused-ring (bicyclic) bond motifs is 1. The Labute approximate surface area is 157 Å². The molecule has 2 heterocycles. The number of amides is 2. The molecule has 1 aromatic heterocycles. The predicted octanol–water partition coefficient (Wildman–Crippen LogP) is 2.76. The SMILES string of the molecule is O=C1C=C(Nc2ccc(-c3nc4ccc(F)cc4s3)cc2)C(=O)N1CCO. The topological polar surface area (TPSA) is 82.5 Å². The Balaban J connectivity index is 1.53. The molecule has 2 amide bonds. The van der Waals surface area contributed by atoms with Crippen LogP contribution in [0.1, 0.15) is 0 Å². The molecule has 3 aromatic rings. The van der Waals surface area contributed by atoms with Crippen molar-refractivity contribution in [1.29, 1.82) is 0 Å². The molecule has 136 valence electrons. The highest BCUT2D eigenvalue weighted by Gasteiger charge is 2.30. The van der Waals surface area contributed by atoms with Crippen LogP contribution >= 0.6 is 11.3 Å². The Morgan fingerprint density at radius 3 is 2.67 bits per heavy atom. The van der Waals surface area contributed by atoms with Gasteiger partial charge >= 0.3 is 0 Å². The van der Waals surface area contributed by atoms with Gasteiger partial charge in [0.15, 0.2) is 0 Å². The molecule has 2 aromatic carbocycles. The van der Waals surface area contributed by atoms with Gasteiger partial charge in [-0.3, -0.25) is 14.5 Å². The van der Waals surface area contributed by atoms with E-state index in [0.717, 1.165) is 25.7 Å². The molecule has 4 rings (SSSR count). The Morgan fingerprint density at radius 1 is 1.15 bits per heavy atom.